The van der Waals surface area contributed by atoms with Crippen molar-refractivity contribution in [2.75, 3.05) is 6.61 Å². The van der Waals surface area contributed by atoms with Gasteiger partial charge in [0.05, 0.1) is 4.92 Å². The van der Waals surface area contributed by atoms with Crippen LogP contribution >= 0.6 is 11.3 Å². The van der Waals surface area contributed by atoms with E-state index in [2.05, 4.69) is 0 Å². The van der Waals surface area contributed by atoms with Gasteiger partial charge < -0.3 is 4.74 Å². The summed E-state index contributed by atoms with van der Waals surface area (Å²) in [6, 6.07) is 8.22. The second-order valence-electron chi connectivity index (χ2n) is 5.22. The van der Waals surface area contributed by atoms with Crippen molar-refractivity contribution < 1.29 is 28.0 Å². The number of carbonyl (C=O) groups is 2. The average Bonchev–Trinajstić information content (AvgIpc) is 3.04. The molecule has 2 aromatic carbocycles. The lowest BCUT2D eigenvalue weighted by Gasteiger charge is -2.03. The normalized spacial score (nSPS) is 10.7. The summed E-state index contributed by atoms with van der Waals surface area (Å²) in [4.78, 5) is 34.3. The van der Waals surface area contributed by atoms with E-state index in [4.69, 9.17) is 4.74 Å². The molecule has 0 aliphatic rings. The molecule has 3 rings (SSSR count). The van der Waals surface area contributed by atoms with Crippen LogP contribution in [0.2, 0.25) is 0 Å². The first kappa shape index (κ1) is 17.6. The lowest BCUT2D eigenvalue weighted by atomic mass is 10.1. The highest BCUT2D eigenvalue weighted by Gasteiger charge is 2.17. The molecule has 26 heavy (non-hydrogen) atoms. The second-order valence-corrected chi connectivity index (χ2v) is 6.30. The fraction of sp³-hybridized carbons (Fsp3) is 0.0588. The van der Waals surface area contributed by atoms with E-state index in [1.54, 1.807) is 0 Å². The molecular weight excluding hydrogens is 368 g/mol. The number of fused-ring (bicyclic) bond motifs is 1. The van der Waals surface area contributed by atoms with Gasteiger partial charge in [-0.15, -0.1) is 11.3 Å². The number of non-ortho nitro benzene ring substituents is 1. The van der Waals surface area contributed by atoms with Crippen LogP contribution in [0.5, 0.6) is 0 Å². The number of thiophene rings is 1. The van der Waals surface area contributed by atoms with E-state index in [1.165, 1.54) is 24.3 Å². The minimum absolute atomic E-state index is 0.108. The number of esters is 1. The van der Waals surface area contributed by atoms with Gasteiger partial charge in [-0.25, -0.2) is 13.6 Å². The predicted octanol–water partition coefficient (Wildman–Crippen LogP) is 4.13. The number of hydrogen-bond donors (Lipinski definition) is 0. The van der Waals surface area contributed by atoms with E-state index in [-0.39, 0.29) is 16.1 Å². The fourth-order valence-corrected chi connectivity index (χ4v) is 3.14. The van der Waals surface area contributed by atoms with E-state index in [1.807, 2.05) is 0 Å². The number of ether oxygens (including phenoxy) is 1. The van der Waals surface area contributed by atoms with Crippen LogP contribution in [0.15, 0.2) is 42.5 Å². The molecule has 1 heterocycles. The summed E-state index contributed by atoms with van der Waals surface area (Å²) in [6.45, 7) is -0.641. The molecule has 0 bridgehead atoms. The van der Waals surface area contributed by atoms with Gasteiger partial charge in [-0.1, -0.05) is 0 Å². The second kappa shape index (κ2) is 6.96. The first-order valence-corrected chi connectivity index (χ1v) is 8.00. The molecule has 0 saturated heterocycles. The largest absolute Gasteiger partial charge is 0.453 e. The fourth-order valence-electron chi connectivity index (χ4n) is 2.20. The lowest BCUT2D eigenvalue weighted by Crippen LogP contribution is -2.13. The van der Waals surface area contributed by atoms with Crippen LogP contribution in [0.25, 0.3) is 10.1 Å². The van der Waals surface area contributed by atoms with E-state index < -0.39 is 34.9 Å². The summed E-state index contributed by atoms with van der Waals surface area (Å²) < 4.78 is 31.5. The molecule has 0 saturated carbocycles. The van der Waals surface area contributed by atoms with Crippen molar-refractivity contribution in [3.05, 3.63) is 74.7 Å². The van der Waals surface area contributed by atoms with Gasteiger partial charge >= 0.3 is 5.97 Å². The van der Waals surface area contributed by atoms with Gasteiger partial charge in [0.25, 0.3) is 5.69 Å². The maximum atomic E-state index is 13.1. The van der Waals surface area contributed by atoms with Crippen molar-refractivity contribution in [3.63, 3.8) is 0 Å². The van der Waals surface area contributed by atoms with Crippen molar-refractivity contribution >= 4 is 38.9 Å². The Morgan fingerprint density at radius 1 is 1.08 bits per heavy atom. The molecule has 9 heteroatoms. The molecule has 0 atom stereocenters. The molecule has 6 nitrogen and oxygen atoms in total. The van der Waals surface area contributed by atoms with Crippen LogP contribution in [0.4, 0.5) is 14.5 Å². The Kier molecular flexibility index (Phi) is 4.72. The monoisotopic (exact) mass is 377 g/mol. The van der Waals surface area contributed by atoms with Gasteiger partial charge in [0.2, 0.25) is 0 Å². The van der Waals surface area contributed by atoms with Crippen molar-refractivity contribution in [2.45, 2.75) is 0 Å². The molecule has 1 aromatic heterocycles. The standard InChI is InChI=1S/C17H9F2NO5S/c18-12-3-1-9(6-13(12)19)14(21)8-25-17(22)16-7-10-5-11(20(23)24)2-4-15(10)26-16/h1-7H,8H2. The van der Waals surface area contributed by atoms with E-state index in [0.717, 1.165) is 29.5 Å². The van der Waals surface area contributed by atoms with Gasteiger partial charge in [0.1, 0.15) is 4.88 Å². The zero-order valence-corrected chi connectivity index (χ0v) is 13.7. The molecule has 132 valence electrons. The minimum atomic E-state index is -1.17. The van der Waals surface area contributed by atoms with E-state index in [0.29, 0.717) is 10.1 Å². The van der Waals surface area contributed by atoms with Gasteiger partial charge in [-0.3, -0.25) is 14.9 Å². The highest BCUT2D eigenvalue weighted by atomic mass is 32.1. The quantitative estimate of drug-likeness (QED) is 0.289. The van der Waals surface area contributed by atoms with Crippen molar-refractivity contribution in [1.29, 1.82) is 0 Å². The van der Waals surface area contributed by atoms with Crippen LogP contribution in [-0.2, 0) is 4.74 Å². The van der Waals surface area contributed by atoms with Crippen molar-refractivity contribution in [3.8, 4) is 0 Å². The van der Waals surface area contributed by atoms with Gasteiger partial charge in [-0.05, 0) is 30.3 Å². The Labute approximate surface area is 148 Å². The summed E-state index contributed by atoms with van der Waals surface area (Å²) in [7, 11) is 0. The summed E-state index contributed by atoms with van der Waals surface area (Å²) in [6.07, 6.45) is 0. The molecule has 0 amide bonds. The molecular formula is C17H9F2NO5S. The maximum absolute atomic E-state index is 13.1. The molecule has 0 aliphatic heterocycles. The molecule has 0 unspecified atom stereocenters. The summed E-state index contributed by atoms with van der Waals surface area (Å²) in [5, 5.41) is 11.3. The average molecular weight is 377 g/mol. The Bertz CT molecular complexity index is 1050. The summed E-state index contributed by atoms with van der Waals surface area (Å²) >= 11 is 1.06. The maximum Gasteiger partial charge on any atom is 0.348 e. The molecule has 0 N–H and O–H groups in total. The predicted molar refractivity (Wildman–Crippen MR) is 89.5 cm³/mol. The van der Waals surface area contributed by atoms with Crippen molar-refractivity contribution in [1.82, 2.24) is 0 Å². The Morgan fingerprint density at radius 2 is 1.85 bits per heavy atom. The number of hydrogen-bond acceptors (Lipinski definition) is 6. The number of nitro groups is 1. The van der Waals surface area contributed by atoms with Crippen LogP contribution < -0.4 is 0 Å². The molecule has 0 fully saturated rings. The molecule has 0 radical (unpaired) electrons. The highest BCUT2D eigenvalue weighted by molar-refractivity contribution is 7.20. The van der Waals surface area contributed by atoms with Crippen LogP contribution in [0.1, 0.15) is 20.0 Å². The highest BCUT2D eigenvalue weighted by Crippen LogP contribution is 2.29. The summed E-state index contributed by atoms with van der Waals surface area (Å²) in [5.74, 6) is -3.73. The number of benzene rings is 2. The SMILES string of the molecule is O=C(COC(=O)c1cc2cc([N+](=O)[O-])ccc2s1)c1ccc(F)c(F)c1. The van der Waals surface area contributed by atoms with Crippen LogP contribution in [0, 0.1) is 21.7 Å². The van der Waals surface area contributed by atoms with E-state index >= 15 is 0 Å². The van der Waals surface area contributed by atoms with Crippen LogP contribution in [0.3, 0.4) is 0 Å². The summed E-state index contributed by atoms with van der Waals surface area (Å²) in [5.41, 5.74) is -0.229. The minimum Gasteiger partial charge on any atom is -0.453 e. The Balaban J connectivity index is 1.71. The third kappa shape index (κ3) is 3.57. The number of halogens is 2. The third-order valence-corrected chi connectivity index (χ3v) is 4.58. The zero-order valence-electron chi connectivity index (χ0n) is 12.9. The van der Waals surface area contributed by atoms with Gasteiger partial charge in [-0.2, -0.15) is 0 Å². The Morgan fingerprint density at radius 3 is 2.54 bits per heavy atom. The number of Topliss-reactive ketones (excluding diaryl/α,β-unsaturated/α-hetero) is 1. The number of nitrogens with zero attached hydrogens (tertiary/aromatic N) is 1. The first-order chi connectivity index (χ1) is 12.3. The van der Waals surface area contributed by atoms with Crippen LogP contribution in [-0.4, -0.2) is 23.3 Å². The first-order valence-electron chi connectivity index (χ1n) is 7.18. The van der Waals surface area contributed by atoms with Crippen molar-refractivity contribution in [2.24, 2.45) is 0 Å². The number of ketones is 1. The molecule has 3 aromatic rings. The zero-order chi connectivity index (χ0) is 18.8. The Hall–Kier alpha value is -3.20. The van der Waals surface area contributed by atoms with E-state index in [9.17, 15) is 28.5 Å². The number of nitro benzene ring substituents is 1. The van der Waals surface area contributed by atoms with Gasteiger partial charge in [0.15, 0.2) is 24.0 Å². The third-order valence-electron chi connectivity index (χ3n) is 3.49. The van der Waals surface area contributed by atoms with Gasteiger partial charge in [0, 0.05) is 27.8 Å². The molecule has 0 spiro atoms. The smallest absolute Gasteiger partial charge is 0.348 e. The number of rotatable bonds is 5. The lowest BCUT2D eigenvalue weighted by molar-refractivity contribution is -0.384. The topological polar surface area (TPSA) is 86.5 Å². The molecule has 0 aliphatic carbocycles. The number of carbonyl (C=O) groups excluding carboxylic acids is 2.